The lowest BCUT2D eigenvalue weighted by Crippen LogP contribution is -2.28. The maximum absolute atomic E-state index is 13.3. The zero-order chi connectivity index (χ0) is 14.8. The molecule has 0 radical (unpaired) electrons. The van der Waals surface area contributed by atoms with Crippen molar-refractivity contribution in [1.29, 1.82) is 0 Å². The Morgan fingerprint density at radius 1 is 1.50 bits per heavy atom. The number of pyridine rings is 1. The second kappa shape index (κ2) is 6.05. The van der Waals surface area contributed by atoms with Crippen LogP contribution in [0.25, 0.3) is 0 Å². The molecule has 1 aromatic rings. The van der Waals surface area contributed by atoms with Crippen LogP contribution in [0.2, 0.25) is 0 Å². The molecular weight excluding hydrogens is 281 g/mol. The van der Waals surface area contributed by atoms with E-state index in [1.54, 1.807) is 11.9 Å². The quantitative estimate of drug-likeness (QED) is 0.812. The SMILES string of the molecule is CN(CCS(C)(=O)=O)c1ncc(F)cc1CNC1CC1. The van der Waals surface area contributed by atoms with Gasteiger partial charge in [0.05, 0.1) is 11.9 Å². The van der Waals surface area contributed by atoms with Crippen molar-refractivity contribution in [2.75, 3.05) is 30.5 Å². The van der Waals surface area contributed by atoms with Crippen LogP contribution in [0.1, 0.15) is 18.4 Å². The first-order chi connectivity index (χ1) is 9.35. The third-order valence-electron chi connectivity index (χ3n) is 3.23. The highest BCUT2D eigenvalue weighted by molar-refractivity contribution is 7.90. The van der Waals surface area contributed by atoms with Gasteiger partial charge in [0.2, 0.25) is 0 Å². The fraction of sp³-hybridized carbons (Fsp3) is 0.615. The Hall–Kier alpha value is -1.21. The number of nitrogens with one attached hydrogen (secondary N) is 1. The molecule has 2 rings (SSSR count). The van der Waals surface area contributed by atoms with Crippen molar-refractivity contribution < 1.29 is 12.8 Å². The van der Waals surface area contributed by atoms with Crippen molar-refractivity contribution >= 4 is 15.7 Å². The molecular formula is C13H20FN3O2S. The molecule has 0 saturated heterocycles. The van der Waals surface area contributed by atoms with E-state index in [9.17, 15) is 12.8 Å². The first kappa shape index (κ1) is 15.2. The molecule has 0 aliphatic heterocycles. The van der Waals surface area contributed by atoms with Crippen molar-refractivity contribution in [3.63, 3.8) is 0 Å². The molecule has 0 atom stereocenters. The van der Waals surface area contributed by atoms with Gasteiger partial charge < -0.3 is 10.2 Å². The first-order valence-electron chi connectivity index (χ1n) is 6.62. The Kier molecular flexibility index (Phi) is 4.59. The molecule has 5 nitrogen and oxygen atoms in total. The zero-order valence-electron chi connectivity index (χ0n) is 11.8. The monoisotopic (exact) mass is 301 g/mol. The minimum Gasteiger partial charge on any atom is -0.358 e. The van der Waals surface area contributed by atoms with E-state index in [0.717, 1.165) is 24.6 Å². The minimum absolute atomic E-state index is 0.0536. The Bertz CT molecular complexity index is 573. The molecule has 7 heteroatoms. The van der Waals surface area contributed by atoms with Crippen molar-refractivity contribution in [3.05, 3.63) is 23.6 Å². The number of aromatic nitrogens is 1. The van der Waals surface area contributed by atoms with Gasteiger partial charge in [-0.3, -0.25) is 0 Å². The van der Waals surface area contributed by atoms with Crippen LogP contribution in [0.4, 0.5) is 10.2 Å². The van der Waals surface area contributed by atoms with Crippen LogP contribution < -0.4 is 10.2 Å². The smallest absolute Gasteiger partial charge is 0.149 e. The van der Waals surface area contributed by atoms with Crippen LogP contribution in [0.15, 0.2) is 12.3 Å². The summed E-state index contributed by atoms with van der Waals surface area (Å²) in [6, 6.07) is 1.97. The van der Waals surface area contributed by atoms with Gasteiger partial charge in [-0.2, -0.15) is 0 Å². The first-order valence-corrected chi connectivity index (χ1v) is 8.68. The summed E-state index contributed by atoms with van der Waals surface area (Å²) in [5.41, 5.74) is 0.757. The van der Waals surface area contributed by atoms with Crippen molar-refractivity contribution in [2.24, 2.45) is 0 Å². The lowest BCUT2D eigenvalue weighted by Gasteiger charge is -2.21. The molecule has 1 aromatic heterocycles. The predicted molar refractivity (Wildman–Crippen MR) is 77.0 cm³/mol. The van der Waals surface area contributed by atoms with Crippen LogP contribution in [0.5, 0.6) is 0 Å². The van der Waals surface area contributed by atoms with Gasteiger partial charge in [0.25, 0.3) is 0 Å². The highest BCUT2D eigenvalue weighted by atomic mass is 32.2. The molecule has 0 spiro atoms. The fourth-order valence-electron chi connectivity index (χ4n) is 1.90. The zero-order valence-corrected chi connectivity index (χ0v) is 12.6. The molecule has 1 heterocycles. The van der Waals surface area contributed by atoms with Crippen LogP contribution in [0, 0.1) is 5.82 Å². The van der Waals surface area contributed by atoms with E-state index in [2.05, 4.69) is 10.3 Å². The van der Waals surface area contributed by atoms with Crippen LogP contribution in [0.3, 0.4) is 0 Å². The summed E-state index contributed by atoms with van der Waals surface area (Å²) in [6.45, 7) is 0.891. The summed E-state index contributed by atoms with van der Waals surface area (Å²) in [6.07, 6.45) is 4.67. The molecule has 1 fully saturated rings. The van der Waals surface area contributed by atoms with E-state index in [1.807, 2.05) is 0 Å². The number of anilines is 1. The topological polar surface area (TPSA) is 62.3 Å². The minimum atomic E-state index is -3.02. The van der Waals surface area contributed by atoms with Crippen molar-refractivity contribution in [2.45, 2.75) is 25.4 Å². The molecule has 0 amide bonds. The third-order valence-corrected chi connectivity index (χ3v) is 4.15. The molecule has 112 valence electrons. The summed E-state index contributed by atoms with van der Waals surface area (Å²) >= 11 is 0. The molecule has 0 unspecified atom stereocenters. The molecule has 1 aliphatic carbocycles. The molecule has 1 N–H and O–H groups in total. The average Bonchev–Trinajstić information content (AvgIpc) is 3.16. The molecule has 1 saturated carbocycles. The van der Waals surface area contributed by atoms with Crippen molar-refractivity contribution in [3.8, 4) is 0 Å². The van der Waals surface area contributed by atoms with Crippen LogP contribution >= 0.6 is 0 Å². The van der Waals surface area contributed by atoms with Gasteiger partial charge in [-0.15, -0.1) is 0 Å². The highest BCUT2D eigenvalue weighted by Gasteiger charge is 2.21. The standard InChI is InChI=1S/C13H20FN3O2S/c1-17(5-6-20(2,18)19)13-10(7-11(14)9-16-13)8-15-12-3-4-12/h7,9,12,15H,3-6,8H2,1-2H3. The van der Waals surface area contributed by atoms with E-state index < -0.39 is 9.84 Å². The molecule has 0 bridgehead atoms. The van der Waals surface area contributed by atoms with E-state index in [-0.39, 0.29) is 11.6 Å². The lowest BCUT2D eigenvalue weighted by atomic mass is 10.2. The van der Waals surface area contributed by atoms with E-state index in [0.29, 0.717) is 24.9 Å². The summed E-state index contributed by atoms with van der Waals surface area (Å²) < 4.78 is 35.7. The highest BCUT2D eigenvalue weighted by Crippen LogP contribution is 2.22. The second-order valence-electron chi connectivity index (χ2n) is 5.34. The van der Waals surface area contributed by atoms with Crippen LogP contribution in [-0.2, 0) is 16.4 Å². The van der Waals surface area contributed by atoms with Crippen molar-refractivity contribution in [1.82, 2.24) is 10.3 Å². The van der Waals surface area contributed by atoms with Gasteiger partial charge in [0.1, 0.15) is 21.5 Å². The molecule has 20 heavy (non-hydrogen) atoms. The maximum Gasteiger partial charge on any atom is 0.149 e. The average molecular weight is 301 g/mol. The number of sulfone groups is 1. The Morgan fingerprint density at radius 3 is 2.80 bits per heavy atom. The molecule has 1 aliphatic rings. The second-order valence-corrected chi connectivity index (χ2v) is 7.60. The number of rotatable bonds is 7. The van der Waals surface area contributed by atoms with Gasteiger partial charge in [-0.25, -0.2) is 17.8 Å². The predicted octanol–water partition coefficient (Wildman–Crippen LogP) is 0.953. The Morgan fingerprint density at radius 2 is 2.20 bits per heavy atom. The number of halogens is 1. The molecule has 0 aromatic carbocycles. The number of hydrogen-bond acceptors (Lipinski definition) is 5. The fourth-order valence-corrected chi connectivity index (χ4v) is 2.50. The summed E-state index contributed by atoms with van der Waals surface area (Å²) in [5, 5.41) is 3.32. The van der Waals surface area contributed by atoms with Gasteiger partial charge in [0.15, 0.2) is 0 Å². The van der Waals surface area contributed by atoms with E-state index >= 15 is 0 Å². The van der Waals surface area contributed by atoms with E-state index in [4.69, 9.17) is 0 Å². The van der Waals surface area contributed by atoms with Crippen LogP contribution in [-0.4, -0.2) is 45.0 Å². The van der Waals surface area contributed by atoms with E-state index in [1.165, 1.54) is 12.3 Å². The van der Waals surface area contributed by atoms with Gasteiger partial charge >= 0.3 is 0 Å². The normalized spacial score (nSPS) is 15.3. The van der Waals surface area contributed by atoms with Gasteiger partial charge in [-0.05, 0) is 18.9 Å². The Labute approximate surface area is 119 Å². The van der Waals surface area contributed by atoms with Gasteiger partial charge in [0, 0.05) is 38.0 Å². The summed E-state index contributed by atoms with van der Waals surface area (Å²) in [5.74, 6) is 0.305. The summed E-state index contributed by atoms with van der Waals surface area (Å²) in [4.78, 5) is 5.85. The number of nitrogens with zero attached hydrogens (tertiary/aromatic N) is 2. The number of hydrogen-bond donors (Lipinski definition) is 1. The summed E-state index contributed by atoms with van der Waals surface area (Å²) in [7, 11) is -1.25. The maximum atomic E-state index is 13.3. The Balaban J connectivity index is 2.07. The third kappa shape index (κ3) is 4.72. The lowest BCUT2D eigenvalue weighted by molar-refractivity contribution is 0.599. The van der Waals surface area contributed by atoms with Gasteiger partial charge in [-0.1, -0.05) is 0 Å². The largest absolute Gasteiger partial charge is 0.358 e.